The Bertz CT molecular complexity index is 450. The summed E-state index contributed by atoms with van der Waals surface area (Å²) < 4.78 is 0. The van der Waals surface area contributed by atoms with Gasteiger partial charge in [-0.1, -0.05) is 17.7 Å². The summed E-state index contributed by atoms with van der Waals surface area (Å²) in [5.41, 5.74) is 7.46. The Morgan fingerprint density at radius 1 is 1.39 bits per heavy atom. The van der Waals surface area contributed by atoms with Crippen molar-refractivity contribution in [2.75, 3.05) is 32.4 Å². The van der Waals surface area contributed by atoms with Crippen molar-refractivity contribution in [3.05, 3.63) is 28.8 Å². The largest absolute Gasteiger partial charge is 0.398 e. The zero-order chi connectivity index (χ0) is 13.1. The Morgan fingerprint density at radius 3 is 2.89 bits per heavy atom. The number of hydrogen-bond acceptors (Lipinski definition) is 3. The van der Waals surface area contributed by atoms with Crippen LogP contribution in [-0.4, -0.2) is 42.4 Å². The lowest BCUT2D eigenvalue weighted by Crippen LogP contribution is -2.34. The second-order valence-electron chi connectivity index (χ2n) is 4.74. The third-order valence-electron chi connectivity index (χ3n) is 3.22. The third-order valence-corrected chi connectivity index (χ3v) is 3.56. The molecule has 0 radical (unpaired) electrons. The van der Waals surface area contributed by atoms with Gasteiger partial charge in [0.15, 0.2) is 0 Å². The fourth-order valence-corrected chi connectivity index (χ4v) is 2.25. The fourth-order valence-electron chi connectivity index (χ4n) is 2.13. The van der Waals surface area contributed by atoms with E-state index in [1.54, 1.807) is 11.0 Å². The topological polar surface area (TPSA) is 49.6 Å². The van der Waals surface area contributed by atoms with Crippen LogP contribution < -0.4 is 5.73 Å². The number of anilines is 1. The van der Waals surface area contributed by atoms with Crippen LogP contribution in [0.15, 0.2) is 18.2 Å². The second kappa shape index (κ2) is 5.59. The Kier molecular flexibility index (Phi) is 4.09. The molecule has 1 amide bonds. The minimum atomic E-state index is 0.175. The molecule has 18 heavy (non-hydrogen) atoms. The molecule has 5 heteroatoms. The molecule has 0 spiro atoms. The van der Waals surface area contributed by atoms with E-state index in [4.69, 9.17) is 17.3 Å². The average Bonchev–Trinajstić information content (AvgIpc) is 2.47. The van der Waals surface area contributed by atoms with Gasteiger partial charge in [-0.15, -0.1) is 0 Å². The number of carbonyl (C=O) groups is 1. The van der Waals surface area contributed by atoms with Gasteiger partial charge in [0.1, 0.15) is 0 Å². The van der Waals surface area contributed by atoms with Gasteiger partial charge in [-0.05, 0) is 24.1 Å². The van der Waals surface area contributed by atoms with Crippen LogP contribution in [0.5, 0.6) is 0 Å². The highest BCUT2D eigenvalue weighted by Gasteiger charge is 2.18. The molecule has 0 aliphatic carbocycles. The zero-order valence-corrected chi connectivity index (χ0v) is 11.3. The van der Waals surface area contributed by atoms with Crippen molar-refractivity contribution >= 4 is 23.2 Å². The van der Waals surface area contributed by atoms with Crippen molar-refractivity contribution < 1.29 is 4.79 Å². The van der Waals surface area contributed by atoms with Gasteiger partial charge in [0, 0.05) is 26.7 Å². The molecule has 1 aromatic rings. The molecule has 0 atom stereocenters. The Balaban J connectivity index is 2.04. The van der Waals surface area contributed by atoms with Gasteiger partial charge in [-0.3, -0.25) is 9.69 Å². The number of carbonyl (C=O) groups excluding carboxylic acids is 1. The highest BCUT2D eigenvalue weighted by atomic mass is 35.5. The number of amides is 1. The Labute approximate surface area is 112 Å². The summed E-state index contributed by atoms with van der Waals surface area (Å²) >= 11 is 5.89. The van der Waals surface area contributed by atoms with Crippen LogP contribution >= 0.6 is 11.6 Å². The van der Waals surface area contributed by atoms with Gasteiger partial charge in [0.2, 0.25) is 5.91 Å². The molecule has 1 saturated heterocycles. The maximum absolute atomic E-state index is 11.8. The Morgan fingerprint density at radius 2 is 2.17 bits per heavy atom. The van der Waals surface area contributed by atoms with Crippen molar-refractivity contribution in [2.45, 2.75) is 13.0 Å². The van der Waals surface area contributed by atoms with E-state index in [9.17, 15) is 4.79 Å². The van der Waals surface area contributed by atoms with Gasteiger partial charge in [0.25, 0.3) is 0 Å². The molecule has 1 aliphatic heterocycles. The number of nitrogens with two attached hydrogens (primary N) is 1. The number of halogens is 1. The van der Waals surface area contributed by atoms with E-state index < -0.39 is 0 Å². The summed E-state index contributed by atoms with van der Waals surface area (Å²) in [6.45, 7) is 2.97. The lowest BCUT2D eigenvalue weighted by Gasteiger charge is -2.19. The molecule has 0 unspecified atom stereocenters. The molecule has 98 valence electrons. The monoisotopic (exact) mass is 267 g/mol. The van der Waals surface area contributed by atoms with E-state index in [1.165, 1.54) is 0 Å². The van der Waals surface area contributed by atoms with Crippen molar-refractivity contribution in [1.29, 1.82) is 0 Å². The maximum Gasteiger partial charge on any atom is 0.236 e. The molecule has 0 bridgehead atoms. The average molecular weight is 268 g/mol. The number of rotatable bonds is 2. The second-order valence-corrected chi connectivity index (χ2v) is 5.14. The van der Waals surface area contributed by atoms with Gasteiger partial charge >= 0.3 is 0 Å². The Hall–Kier alpha value is -1.26. The summed E-state index contributed by atoms with van der Waals surface area (Å²) in [6, 6.07) is 5.64. The van der Waals surface area contributed by atoms with E-state index in [2.05, 4.69) is 4.90 Å². The summed E-state index contributed by atoms with van der Waals surface area (Å²) in [7, 11) is 1.85. The number of benzene rings is 1. The molecular weight excluding hydrogens is 250 g/mol. The molecular formula is C13H18ClN3O. The number of nitrogens with zero attached hydrogens (tertiary/aromatic N) is 2. The molecule has 4 nitrogen and oxygen atoms in total. The van der Waals surface area contributed by atoms with Gasteiger partial charge in [-0.2, -0.15) is 0 Å². The normalized spacial score (nSPS) is 17.9. The summed E-state index contributed by atoms with van der Waals surface area (Å²) in [5, 5.41) is 0.574. The minimum Gasteiger partial charge on any atom is -0.398 e. The van der Waals surface area contributed by atoms with E-state index in [-0.39, 0.29) is 5.91 Å². The molecule has 2 N–H and O–H groups in total. The van der Waals surface area contributed by atoms with Crippen LogP contribution in [0.2, 0.25) is 5.02 Å². The first-order valence-corrected chi connectivity index (χ1v) is 6.44. The van der Waals surface area contributed by atoms with Crippen LogP contribution in [0.1, 0.15) is 12.0 Å². The summed E-state index contributed by atoms with van der Waals surface area (Å²) in [6.07, 6.45) is 1.01. The highest BCUT2D eigenvalue weighted by Crippen LogP contribution is 2.20. The quantitative estimate of drug-likeness (QED) is 0.828. The van der Waals surface area contributed by atoms with E-state index >= 15 is 0 Å². The third kappa shape index (κ3) is 3.15. The molecule has 1 aromatic carbocycles. The highest BCUT2D eigenvalue weighted by molar-refractivity contribution is 6.33. The predicted molar refractivity (Wildman–Crippen MR) is 73.4 cm³/mol. The van der Waals surface area contributed by atoms with Crippen molar-refractivity contribution in [1.82, 2.24) is 9.80 Å². The number of nitrogen functional groups attached to an aromatic ring is 1. The molecule has 1 aliphatic rings. The number of likely N-dealkylation sites (N-methyl/N-ethyl adjacent to an activating group) is 1. The number of hydrogen-bond donors (Lipinski definition) is 1. The lowest BCUT2D eigenvalue weighted by atomic mass is 10.2. The van der Waals surface area contributed by atoms with Crippen LogP contribution in [0.25, 0.3) is 0 Å². The SMILES string of the molecule is CN1CCCN(Cc2ccc(Cl)c(N)c2)CC1=O. The maximum atomic E-state index is 11.8. The van der Waals surface area contributed by atoms with E-state index in [0.717, 1.165) is 31.6 Å². The summed E-state index contributed by atoms with van der Waals surface area (Å²) in [5.74, 6) is 0.175. The standard InChI is InChI=1S/C13H18ClN3O/c1-16-5-2-6-17(9-13(16)18)8-10-3-4-11(14)12(15)7-10/h3-4,7H,2,5-6,8-9,15H2,1H3. The summed E-state index contributed by atoms with van der Waals surface area (Å²) in [4.78, 5) is 15.7. The lowest BCUT2D eigenvalue weighted by molar-refractivity contribution is -0.129. The minimum absolute atomic E-state index is 0.175. The zero-order valence-electron chi connectivity index (χ0n) is 10.5. The van der Waals surface area contributed by atoms with Crippen LogP contribution in [-0.2, 0) is 11.3 Å². The predicted octanol–water partition coefficient (Wildman–Crippen LogP) is 1.59. The first-order chi connectivity index (χ1) is 8.56. The molecule has 1 heterocycles. The fraction of sp³-hybridized carbons (Fsp3) is 0.462. The molecule has 1 fully saturated rings. The van der Waals surface area contributed by atoms with Crippen LogP contribution in [0, 0.1) is 0 Å². The van der Waals surface area contributed by atoms with Gasteiger partial charge in [-0.25, -0.2) is 0 Å². The van der Waals surface area contributed by atoms with Gasteiger partial charge in [0.05, 0.1) is 17.3 Å². The van der Waals surface area contributed by atoms with Crippen molar-refractivity contribution in [3.8, 4) is 0 Å². The van der Waals surface area contributed by atoms with E-state index in [1.807, 2.05) is 19.2 Å². The van der Waals surface area contributed by atoms with Crippen LogP contribution in [0.3, 0.4) is 0 Å². The molecule has 0 aromatic heterocycles. The van der Waals surface area contributed by atoms with Crippen molar-refractivity contribution in [2.24, 2.45) is 0 Å². The van der Waals surface area contributed by atoms with E-state index in [0.29, 0.717) is 17.3 Å². The molecule has 0 saturated carbocycles. The van der Waals surface area contributed by atoms with Crippen molar-refractivity contribution in [3.63, 3.8) is 0 Å². The first kappa shape index (κ1) is 13.2. The van der Waals surface area contributed by atoms with Gasteiger partial charge < -0.3 is 10.6 Å². The molecule has 2 rings (SSSR count). The first-order valence-electron chi connectivity index (χ1n) is 6.06. The smallest absolute Gasteiger partial charge is 0.236 e. The van der Waals surface area contributed by atoms with Crippen LogP contribution in [0.4, 0.5) is 5.69 Å².